The molecule has 0 aliphatic carbocycles. The van der Waals surface area contributed by atoms with Crippen molar-refractivity contribution in [2.24, 2.45) is 5.92 Å². The van der Waals surface area contributed by atoms with E-state index in [1.54, 1.807) is 13.2 Å². The fourth-order valence-electron chi connectivity index (χ4n) is 2.48. The lowest BCUT2D eigenvalue weighted by Crippen LogP contribution is -2.34. The van der Waals surface area contributed by atoms with Crippen molar-refractivity contribution in [2.75, 3.05) is 40.4 Å². The first-order valence-corrected chi connectivity index (χ1v) is 6.92. The van der Waals surface area contributed by atoms with Crippen LogP contribution in [0.15, 0.2) is 24.3 Å². The second-order valence-corrected chi connectivity index (χ2v) is 4.99. The van der Waals surface area contributed by atoms with Gasteiger partial charge < -0.3 is 19.7 Å². The Morgan fingerprint density at radius 2 is 2.15 bits per heavy atom. The van der Waals surface area contributed by atoms with Crippen LogP contribution in [0.25, 0.3) is 0 Å². The monoisotopic (exact) mass is 278 g/mol. The van der Waals surface area contributed by atoms with E-state index < -0.39 is 0 Å². The maximum absolute atomic E-state index is 12.1. The number of amides is 1. The fourth-order valence-corrected chi connectivity index (χ4v) is 2.48. The number of methoxy groups -OCH3 is 1. The molecule has 110 valence electrons. The third-order valence-electron chi connectivity index (χ3n) is 3.55. The Balaban J connectivity index is 1.83. The van der Waals surface area contributed by atoms with Crippen LogP contribution in [0.4, 0.5) is 0 Å². The van der Waals surface area contributed by atoms with Gasteiger partial charge >= 0.3 is 0 Å². The predicted octanol–water partition coefficient (Wildman–Crippen LogP) is 1.14. The van der Waals surface area contributed by atoms with Crippen molar-refractivity contribution >= 4 is 5.91 Å². The third kappa shape index (κ3) is 3.63. The Kier molecular flexibility index (Phi) is 5.24. The summed E-state index contributed by atoms with van der Waals surface area (Å²) < 4.78 is 10.8. The Morgan fingerprint density at radius 3 is 2.85 bits per heavy atom. The highest BCUT2D eigenvalue weighted by Gasteiger charge is 2.25. The topological polar surface area (TPSA) is 50.8 Å². The normalized spacial score (nSPS) is 18.1. The number of carbonyl (C=O) groups excluding carboxylic acids is 1. The van der Waals surface area contributed by atoms with Gasteiger partial charge in [0.05, 0.1) is 7.11 Å². The Morgan fingerprint density at radius 1 is 1.40 bits per heavy atom. The van der Waals surface area contributed by atoms with E-state index in [1.807, 2.05) is 30.1 Å². The molecule has 0 aromatic heterocycles. The molecule has 1 saturated heterocycles. The molecular formula is C15H22N2O3. The smallest absolute Gasteiger partial charge is 0.260 e. The van der Waals surface area contributed by atoms with Crippen LogP contribution in [-0.4, -0.2) is 51.2 Å². The minimum Gasteiger partial charge on any atom is -0.493 e. The SMILES string of the molecule is CNCC1CCN(C(=O)COc2ccccc2OC)C1. The second kappa shape index (κ2) is 7.14. The highest BCUT2D eigenvalue weighted by atomic mass is 16.5. The Bertz CT molecular complexity index is 450. The summed E-state index contributed by atoms with van der Waals surface area (Å²) in [5, 5.41) is 3.16. The summed E-state index contributed by atoms with van der Waals surface area (Å²) in [6.45, 7) is 2.65. The standard InChI is InChI=1S/C15H22N2O3/c1-16-9-12-7-8-17(10-12)15(18)11-20-14-6-4-3-5-13(14)19-2/h3-6,12,16H,7-11H2,1-2H3. The lowest BCUT2D eigenvalue weighted by Gasteiger charge is -2.17. The number of benzene rings is 1. The van der Waals surface area contributed by atoms with Gasteiger partial charge in [0.2, 0.25) is 0 Å². The van der Waals surface area contributed by atoms with Crippen LogP contribution in [0.2, 0.25) is 0 Å². The molecule has 1 amide bonds. The molecule has 20 heavy (non-hydrogen) atoms. The molecule has 1 N–H and O–H groups in total. The summed E-state index contributed by atoms with van der Waals surface area (Å²) >= 11 is 0. The number of rotatable bonds is 6. The molecule has 1 aromatic rings. The van der Waals surface area contributed by atoms with Gasteiger partial charge in [-0.15, -0.1) is 0 Å². The van der Waals surface area contributed by atoms with E-state index in [0.29, 0.717) is 17.4 Å². The summed E-state index contributed by atoms with van der Waals surface area (Å²) in [6.07, 6.45) is 1.06. The van der Waals surface area contributed by atoms with Crippen LogP contribution < -0.4 is 14.8 Å². The number of likely N-dealkylation sites (tertiary alicyclic amines) is 1. The first-order valence-electron chi connectivity index (χ1n) is 6.92. The van der Waals surface area contributed by atoms with E-state index in [-0.39, 0.29) is 12.5 Å². The molecule has 2 rings (SSSR count). The molecule has 1 unspecified atom stereocenters. The van der Waals surface area contributed by atoms with Gasteiger partial charge in [-0.2, -0.15) is 0 Å². The number of para-hydroxylation sites is 2. The van der Waals surface area contributed by atoms with Crippen LogP contribution in [0, 0.1) is 5.92 Å². The molecule has 1 aliphatic rings. The fraction of sp³-hybridized carbons (Fsp3) is 0.533. The maximum atomic E-state index is 12.1. The van der Waals surface area contributed by atoms with E-state index in [0.717, 1.165) is 26.1 Å². The minimum absolute atomic E-state index is 0.0366. The van der Waals surface area contributed by atoms with Crippen molar-refractivity contribution in [3.63, 3.8) is 0 Å². The average molecular weight is 278 g/mol. The van der Waals surface area contributed by atoms with Crippen LogP contribution in [0.5, 0.6) is 11.5 Å². The van der Waals surface area contributed by atoms with E-state index >= 15 is 0 Å². The van der Waals surface area contributed by atoms with Gasteiger partial charge in [0.15, 0.2) is 18.1 Å². The number of carbonyl (C=O) groups is 1. The van der Waals surface area contributed by atoms with E-state index in [9.17, 15) is 4.79 Å². The summed E-state index contributed by atoms with van der Waals surface area (Å²) in [5.74, 6) is 1.84. The zero-order chi connectivity index (χ0) is 14.4. The molecule has 0 spiro atoms. The zero-order valence-electron chi connectivity index (χ0n) is 12.1. The van der Waals surface area contributed by atoms with Crippen molar-refractivity contribution in [1.29, 1.82) is 0 Å². The van der Waals surface area contributed by atoms with E-state index in [1.165, 1.54) is 0 Å². The zero-order valence-corrected chi connectivity index (χ0v) is 12.1. The van der Waals surface area contributed by atoms with Gasteiger partial charge in [-0.05, 0) is 38.1 Å². The summed E-state index contributed by atoms with van der Waals surface area (Å²) in [5.41, 5.74) is 0. The molecule has 0 radical (unpaired) electrons. The van der Waals surface area contributed by atoms with Crippen molar-refractivity contribution in [3.8, 4) is 11.5 Å². The van der Waals surface area contributed by atoms with Gasteiger partial charge in [-0.1, -0.05) is 12.1 Å². The van der Waals surface area contributed by atoms with Crippen molar-refractivity contribution < 1.29 is 14.3 Å². The average Bonchev–Trinajstić information content (AvgIpc) is 2.94. The highest BCUT2D eigenvalue weighted by Crippen LogP contribution is 2.26. The second-order valence-electron chi connectivity index (χ2n) is 4.99. The van der Waals surface area contributed by atoms with Crippen LogP contribution >= 0.6 is 0 Å². The molecule has 1 heterocycles. The number of nitrogens with one attached hydrogen (secondary N) is 1. The third-order valence-corrected chi connectivity index (χ3v) is 3.55. The van der Waals surface area contributed by atoms with Gasteiger partial charge in [0.1, 0.15) is 0 Å². The molecule has 0 saturated carbocycles. The molecule has 1 aromatic carbocycles. The molecule has 0 bridgehead atoms. The molecular weight excluding hydrogens is 256 g/mol. The first-order chi connectivity index (χ1) is 9.74. The number of ether oxygens (including phenoxy) is 2. The summed E-state index contributed by atoms with van der Waals surface area (Å²) in [4.78, 5) is 14.0. The first kappa shape index (κ1) is 14.7. The Labute approximate surface area is 119 Å². The van der Waals surface area contributed by atoms with E-state index in [2.05, 4.69) is 5.32 Å². The van der Waals surface area contributed by atoms with Gasteiger partial charge in [-0.3, -0.25) is 4.79 Å². The Hall–Kier alpha value is -1.75. The van der Waals surface area contributed by atoms with Gasteiger partial charge in [0.25, 0.3) is 5.91 Å². The van der Waals surface area contributed by atoms with Gasteiger partial charge in [-0.25, -0.2) is 0 Å². The van der Waals surface area contributed by atoms with Crippen LogP contribution in [0.1, 0.15) is 6.42 Å². The minimum atomic E-state index is 0.0366. The predicted molar refractivity (Wildman–Crippen MR) is 77.1 cm³/mol. The van der Waals surface area contributed by atoms with Crippen LogP contribution in [0.3, 0.4) is 0 Å². The number of hydrogen-bond acceptors (Lipinski definition) is 4. The molecule has 5 heteroatoms. The lowest BCUT2D eigenvalue weighted by molar-refractivity contribution is -0.132. The summed E-state index contributed by atoms with van der Waals surface area (Å²) in [6, 6.07) is 7.36. The van der Waals surface area contributed by atoms with Gasteiger partial charge in [0, 0.05) is 13.1 Å². The van der Waals surface area contributed by atoms with Crippen molar-refractivity contribution in [3.05, 3.63) is 24.3 Å². The molecule has 1 fully saturated rings. The summed E-state index contributed by atoms with van der Waals surface area (Å²) in [7, 11) is 3.53. The van der Waals surface area contributed by atoms with Crippen molar-refractivity contribution in [2.45, 2.75) is 6.42 Å². The molecule has 5 nitrogen and oxygen atoms in total. The highest BCUT2D eigenvalue weighted by molar-refractivity contribution is 5.78. The maximum Gasteiger partial charge on any atom is 0.260 e. The van der Waals surface area contributed by atoms with Crippen molar-refractivity contribution in [1.82, 2.24) is 10.2 Å². The molecule has 1 atom stereocenters. The number of nitrogens with zero attached hydrogens (tertiary/aromatic N) is 1. The number of hydrogen-bond donors (Lipinski definition) is 1. The quantitative estimate of drug-likeness (QED) is 0.848. The van der Waals surface area contributed by atoms with E-state index in [4.69, 9.17) is 9.47 Å². The largest absolute Gasteiger partial charge is 0.493 e. The molecule has 1 aliphatic heterocycles. The van der Waals surface area contributed by atoms with Crippen LogP contribution in [-0.2, 0) is 4.79 Å². The lowest BCUT2D eigenvalue weighted by atomic mass is 10.1.